The summed E-state index contributed by atoms with van der Waals surface area (Å²) in [4.78, 5) is 6.13. The molecule has 0 bridgehead atoms. The van der Waals surface area contributed by atoms with E-state index in [1.807, 2.05) is 32.8 Å². The van der Waals surface area contributed by atoms with E-state index >= 15 is 0 Å². The zero-order valence-electron chi connectivity index (χ0n) is 7.33. The molecule has 11 heavy (non-hydrogen) atoms. The second-order valence-corrected chi connectivity index (χ2v) is 2.82. The highest BCUT2D eigenvalue weighted by atomic mass is 16.5. The summed E-state index contributed by atoms with van der Waals surface area (Å²) in [5, 5.41) is 3.71. The normalized spacial score (nSPS) is 13.9. The minimum atomic E-state index is 0.191. The third kappa shape index (κ3) is 1.77. The molecule has 0 aliphatic carbocycles. The molecule has 0 saturated heterocycles. The molecule has 1 aromatic heterocycles. The van der Waals surface area contributed by atoms with Crippen LogP contribution in [0.4, 0.5) is 0 Å². The molecular formula is C7H13N3O. The van der Waals surface area contributed by atoms with Crippen molar-refractivity contribution in [3.05, 3.63) is 11.7 Å². The predicted octanol–water partition coefficient (Wildman–Crippen LogP) is 1.00. The zero-order chi connectivity index (χ0) is 8.43. The third-order valence-corrected chi connectivity index (χ3v) is 1.68. The van der Waals surface area contributed by atoms with E-state index < -0.39 is 0 Å². The lowest BCUT2D eigenvalue weighted by Gasteiger charge is -2.14. The van der Waals surface area contributed by atoms with Crippen LogP contribution < -0.4 is 0 Å². The van der Waals surface area contributed by atoms with E-state index in [1.165, 1.54) is 0 Å². The van der Waals surface area contributed by atoms with E-state index in [9.17, 15) is 0 Å². The van der Waals surface area contributed by atoms with Crippen molar-refractivity contribution in [3.8, 4) is 0 Å². The predicted molar refractivity (Wildman–Crippen MR) is 41.1 cm³/mol. The molecule has 4 heteroatoms. The molecule has 1 rings (SSSR count). The summed E-state index contributed by atoms with van der Waals surface area (Å²) in [6, 6.07) is 0.191. The molecule has 1 atom stereocenters. The molecule has 0 spiro atoms. The molecule has 0 aliphatic heterocycles. The smallest absolute Gasteiger partial charge is 0.243 e. The zero-order valence-corrected chi connectivity index (χ0v) is 7.33. The maximum absolute atomic E-state index is 4.98. The van der Waals surface area contributed by atoms with Gasteiger partial charge in [0.25, 0.3) is 0 Å². The molecular weight excluding hydrogens is 142 g/mol. The summed E-state index contributed by atoms with van der Waals surface area (Å²) < 4.78 is 4.98. The molecule has 1 heterocycles. The minimum Gasteiger partial charge on any atom is -0.338 e. The van der Waals surface area contributed by atoms with E-state index in [0.29, 0.717) is 11.7 Å². The summed E-state index contributed by atoms with van der Waals surface area (Å²) in [7, 11) is 3.95. The third-order valence-electron chi connectivity index (χ3n) is 1.68. The Morgan fingerprint density at radius 3 is 2.45 bits per heavy atom. The molecule has 1 aromatic rings. The van der Waals surface area contributed by atoms with Crippen LogP contribution in [-0.4, -0.2) is 29.1 Å². The van der Waals surface area contributed by atoms with E-state index in [2.05, 4.69) is 10.1 Å². The fourth-order valence-corrected chi connectivity index (χ4v) is 0.704. The summed E-state index contributed by atoms with van der Waals surface area (Å²) >= 11 is 0. The lowest BCUT2D eigenvalue weighted by Crippen LogP contribution is -2.16. The van der Waals surface area contributed by atoms with Crippen LogP contribution in [0.15, 0.2) is 4.52 Å². The van der Waals surface area contributed by atoms with Gasteiger partial charge in [0.15, 0.2) is 5.82 Å². The summed E-state index contributed by atoms with van der Waals surface area (Å²) in [6.07, 6.45) is 0. The van der Waals surface area contributed by atoms with Crippen molar-refractivity contribution >= 4 is 0 Å². The first-order valence-electron chi connectivity index (χ1n) is 3.58. The monoisotopic (exact) mass is 155 g/mol. The fourth-order valence-electron chi connectivity index (χ4n) is 0.704. The van der Waals surface area contributed by atoms with Crippen molar-refractivity contribution in [2.45, 2.75) is 19.9 Å². The average molecular weight is 155 g/mol. The van der Waals surface area contributed by atoms with Gasteiger partial charge in [-0.2, -0.15) is 4.98 Å². The van der Waals surface area contributed by atoms with Crippen LogP contribution in [0.25, 0.3) is 0 Å². The highest BCUT2D eigenvalue weighted by Gasteiger charge is 2.13. The number of nitrogens with zero attached hydrogens (tertiary/aromatic N) is 3. The van der Waals surface area contributed by atoms with Crippen molar-refractivity contribution in [1.29, 1.82) is 0 Å². The highest BCUT2D eigenvalue weighted by molar-refractivity contribution is 4.88. The van der Waals surface area contributed by atoms with Gasteiger partial charge in [-0.1, -0.05) is 5.16 Å². The lowest BCUT2D eigenvalue weighted by atomic mass is 10.3. The molecule has 0 radical (unpaired) electrons. The Morgan fingerprint density at radius 1 is 1.45 bits per heavy atom. The van der Waals surface area contributed by atoms with Gasteiger partial charge in [-0.3, -0.25) is 4.90 Å². The van der Waals surface area contributed by atoms with Crippen molar-refractivity contribution < 1.29 is 4.52 Å². The number of hydrogen-bond acceptors (Lipinski definition) is 4. The number of hydrogen-bond donors (Lipinski definition) is 0. The molecule has 62 valence electrons. The van der Waals surface area contributed by atoms with E-state index in [-0.39, 0.29) is 6.04 Å². The molecule has 0 N–H and O–H groups in total. The second kappa shape index (κ2) is 3.00. The Balaban J connectivity index is 2.76. The molecule has 0 saturated carbocycles. The quantitative estimate of drug-likeness (QED) is 0.639. The fraction of sp³-hybridized carbons (Fsp3) is 0.714. The Kier molecular flexibility index (Phi) is 2.24. The topological polar surface area (TPSA) is 42.2 Å². The summed E-state index contributed by atoms with van der Waals surface area (Å²) in [6.45, 7) is 3.84. The standard InChI is InChI=1S/C7H13N3O/c1-5(10(3)4)7-8-6(2)9-11-7/h5H,1-4H3. The summed E-state index contributed by atoms with van der Waals surface area (Å²) in [5.41, 5.74) is 0. The number of aryl methyl sites for hydroxylation is 1. The van der Waals surface area contributed by atoms with Gasteiger partial charge in [-0.15, -0.1) is 0 Å². The van der Waals surface area contributed by atoms with Crippen LogP contribution in [0, 0.1) is 6.92 Å². The van der Waals surface area contributed by atoms with Gasteiger partial charge in [-0.05, 0) is 27.9 Å². The summed E-state index contributed by atoms with van der Waals surface area (Å²) in [5.74, 6) is 1.36. The van der Waals surface area contributed by atoms with Crippen molar-refractivity contribution in [3.63, 3.8) is 0 Å². The van der Waals surface area contributed by atoms with Crippen LogP contribution in [0.2, 0.25) is 0 Å². The van der Waals surface area contributed by atoms with Gasteiger partial charge in [0, 0.05) is 0 Å². The maximum atomic E-state index is 4.98. The van der Waals surface area contributed by atoms with E-state index in [0.717, 1.165) is 0 Å². The second-order valence-electron chi connectivity index (χ2n) is 2.82. The van der Waals surface area contributed by atoms with Gasteiger partial charge < -0.3 is 4.52 Å². The molecule has 0 amide bonds. The van der Waals surface area contributed by atoms with Crippen molar-refractivity contribution in [2.24, 2.45) is 0 Å². The largest absolute Gasteiger partial charge is 0.338 e. The van der Waals surface area contributed by atoms with Crippen molar-refractivity contribution in [1.82, 2.24) is 15.0 Å². The van der Waals surface area contributed by atoms with Crippen LogP contribution in [0.3, 0.4) is 0 Å². The Labute approximate surface area is 66.2 Å². The van der Waals surface area contributed by atoms with Gasteiger partial charge in [0.05, 0.1) is 6.04 Å². The van der Waals surface area contributed by atoms with Crippen LogP contribution in [0.5, 0.6) is 0 Å². The Bertz CT molecular complexity index is 231. The Hall–Kier alpha value is -0.900. The molecule has 0 aliphatic rings. The SMILES string of the molecule is Cc1noc(C(C)N(C)C)n1. The lowest BCUT2D eigenvalue weighted by molar-refractivity contribution is 0.245. The first kappa shape index (κ1) is 8.20. The highest BCUT2D eigenvalue weighted by Crippen LogP contribution is 2.13. The van der Waals surface area contributed by atoms with E-state index in [1.54, 1.807) is 0 Å². The van der Waals surface area contributed by atoms with Gasteiger partial charge in [0.2, 0.25) is 5.89 Å². The number of rotatable bonds is 2. The van der Waals surface area contributed by atoms with E-state index in [4.69, 9.17) is 4.52 Å². The molecule has 0 fully saturated rings. The molecule has 1 unspecified atom stereocenters. The van der Waals surface area contributed by atoms with Gasteiger partial charge >= 0.3 is 0 Å². The first-order chi connectivity index (χ1) is 5.11. The number of aromatic nitrogens is 2. The molecule has 4 nitrogen and oxygen atoms in total. The average Bonchev–Trinajstić information content (AvgIpc) is 2.34. The van der Waals surface area contributed by atoms with Gasteiger partial charge in [0.1, 0.15) is 0 Å². The van der Waals surface area contributed by atoms with Crippen LogP contribution >= 0.6 is 0 Å². The van der Waals surface area contributed by atoms with Crippen LogP contribution in [0.1, 0.15) is 24.7 Å². The van der Waals surface area contributed by atoms with Crippen LogP contribution in [-0.2, 0) is 0 Å². The molecule has 0 aromatic carbocycles. The first-order valence-corrected chi connectivity index (χ1v) is 3.58. The Morgan fingerprint density at radius 2 is 2.09 bits per heavy atom. The minimum absolute atomic E-state index is 0.191. The maximum Gasteiger partial charge on any atom is 0.243 e. The van der Waals surface area contributed by atoms with Crippen molar-refractivity contribution in [2.75, 3.05) is 14.1 Å². The van der Waals surface area contributed by atoms with Gasteiger partial charge in [-0.25, -0.2) is 0 Å².